The van der Waals surface area contributed by atoms with Gasteiger partial charge in [0.05, 0.1) is 0 Å². The fourth-order valence-electron chi connectivity index (χ4n) is 3.78. The van der Waals surface area contributed by atoms with E-state index in [1.165, 1.54) is 18.4 Å². The number of hydrogen-bond donors (Lipinski definition) is 3. The second-order valence-corrected chi connectivity index (χ2v) is 12.1. The van der Waals surface area contributed by atoms with Crippen molar-refractivity contribution in [1.82, 2.24) is 20.6 Å². The van der Waals surface area contributed by atoms with Crippen molar-refractivity contribution in [2.75, 3.05) is 13.7 Å². The first-order chi connectivity index (χ1) is 17.7. The second-order valence-electron chi connectivity index (χ2n) is 8.49. The third kappa shape index (κ3) is 7.87. The normalized spacial score (nSPS) is 11.9. The molecule has 0 radical (unpaired) electrons. The van der Waals surface area contributed by atoms with E-state index in [0.29, 0.717) is 21.8 Å². The van der Waals surface area contributed by atoms with Crippen molar-refractivity contribution in [1.29, 1.82) is 0 Å². The number of amides is 2. The van der Waals surface area contributed by atoms with Gasteiger partial charge in [-0.3, -0.25) is 0 Å². The van der Waals surface area contributed by atoms with E-state index in [0.717, 1.165) is 33.8 Å². The Morgan fingerprint density at radius 1 is 1.11 bits per heavy atom. The number of hydrogen-bond acceptors (Lipinski definition) is 8. The third-order valence-electron chi connectivity index (χ3n) is 5.66. The summed E-state index contributed by atoms with van der Waals surface area (Å²) in [5.41, 5.74) is 3.32. The molecule has 2 aromatic heterocycles. The van der Waals surface area contributed by atoms with Gasteiger partial charge in [0.15, 0.2) is 0 Å². The number of nitrogens with one attached hydrogen (secondary N) is 2. The zero-order chi connectivity index (χ0) is 26.9. The van der Waals surface area contributed by atoms with Crippen LogP contribution in [-0.2, 0) is 16.0 Å². The van der Waals surface area contributed by atoms with Crippen molar-refractivity contribution in [3.8, 4) is 5.75 Å². The standard InChI is InChI=1S/C26H31AsN4O5S/c1-15-10-12-37-22(15)24(34)28-14-20(25(35)36-4)31-23(33)21-16(2)29-26(30-17(21)3)27-11-6-8-18-7-5-9-19(32)13-18/h5,7,9-10,12-13,20,27,32H,6,8,11,14H2,1-4H3,(H,28,34)(H,31,33)/t20-/m0/s1. The SMILES string of the molecule is COC(=O)[C@H](CNC(=O)c1sccc1C)NC(=O)c1c(C)nc([AsH]CCCc2cccc(O)c2)nc1C. The van der Waals surface area contributed by atoms with Crippen LogP contribution in [0.4, 0.5) is 0 Å². The van der Waals surface area contributed by atoms with Crippen LogP contribution in [0.25, 0.3) is 0 Å². The fourth-order valence-corrected chi connectivity index (χ4v) is 6.86. The van der Waals surface area contributed by atoms with Gasteiger partial charge in [-0.2, -0.15) is 0 Å². The van der Waals surface area contributed by atoms with Crippen LogP contribution in [0, 0.1) is 20.8 Å². The second kappa shape index (κ2) is 13.4. The van der Waals surface area contributed by atoms with Gasteiger partial charge in [-0.1, -0.05) is 0 Å². The van der Waals surface area contributed by atoms with E-state index in [-0.39, 0.29) is 18.2 Å². The Bertz CT molecular complexity index is 1260. The minimum absolute atomic E-state index is 0.114. The Morgan fingerprint density at radius 3 is 2.46 bits per heavy atom. The van der Waals surface area contributed by atoms with Gasteiger partial charge in [0.2, 0.25) is 0 Å². The minimum atomic E-state index is -1.06. The fraction of sp³-hybridized carbons (Fsp3) is 0.346. The van der Waals surface area contributed by atoms with E-state index >= 15 is 0 Å². The first kappa shape index (κ1) is 28.3. The van der Waals surface area contributed by atoms with Crippen LogP contribution >= 0.6 is 11.3 Å². The first-order valence-corrected chi connectivity index (χ1v) is 15.2. The number of aryl methyl sites for hydroxylation is 4. The van der Waals surface area contributed by atoms with Crippen LogP contribution in [0.2, 0.25) is 5.21 Å². The summed E-state index contributed by atoms with van der Waals surface area (Å²) in [5.74, 6) is -1.21. The van der Waals surface area contributed by atoms with Crippen molar-refractivity contribution in [2.24, 2.45) is 0 Å². The number of methoxy groups -OCH3 is 1. The Balaban J connectivity index is 1.60. The van der Waals surface area contributed by atoms with Crippen LogP contribution in [-0.4, -0.2) is 68.3 Å². The molecule has 0 saturated carbocycles. The summed E-state index contributed by atoms with van der Waals surface area (Å²) in [6.45, 7) is 5.22. The number of ether oxygens (including phenoxy) is 1. The average molecular weight is 587 g/mol. The van der Waals surface area contributed by atoms with Crippen molar-refractivity contribution < 1.29 is 24.2 Å². The van der Waals surface area contributed by atoms with Crippen molar-refractivity contribution >= 4 is 49.5 Å². The molecule has 196 valence electrons. The molecule has 0 aliphatic heterocycles. The number of carbonyl (C=O) groups excluding carboxylic acids is 3. The molecule has 0 fully saturated rings. The van der Waals surface area contributed by atoms with E-state index in [4.69, 9.17) is 4.74 Å². The number of carbonyl (C=O) groups is 3. The summed E-state index contributed by atoms with van der Waals surface area (Å²) in [7, 11) is 1.23. The van der Waals surface area contributed by atoms with Gasteiger partial charge < -0.3 is 0 Å². The predicted molar refractivity (Wildman–Crippen MR) is 144 cm³/mol. The molecule has 11 heteroatoms. The third-order valence-corrected chi connectivity index (χ3v) is 9.07. The van der Waals surface area contributed by atoms with Gasteiger partial charge in [0.1, 0.15) is 0 Å². The zero-order valence-electron chi connectivity index (χ0n) is 21.3. The van der Waals surface area contributed by atoms with Crippen LogP contribution in [0.1, 0.15) is 49.0 Å². The van der Waals surface area contributed by atoms with Crippen molar-refractivity contribution in [2.45, 2.75) is 44.9 Å². The van der Waals surface area contributed by atoms with Gasteiger partial charge in [-0.25, -0.2) is 0 Å². The molecule has 0 bridgehead atoms. The maximum atomic E-state index is 13.1. The number of esters is 1. The molecule has 9 nitrogen and oxygen atoms in total. The van der Waals surface area contributed by atoms with Gasteiger partial charge in [-0.05, 0) is 18.4 Å². The number of phenols is 1. The molecule has 1 unspecified atom stereocenters. The van der Waals surface area contributed by atoms with Crippen molar-refractivity contribution in [3.05, 3.63) is 68.7 Å². The quantitative estimate of drug-likeness (QED) is 0.178. The topological polar surface area (TPSA) is 131 Å². The van der Waals surface area contributed by atoms with E-state index in [1.54, 1.807) is 26.0 Å². The van der Waals surface area contributed by atoms with Gasteiger partial charge in [-0.15, -0.1) is 0 Å². The molecule has 2 amide bonds. The molecule has 3 rings (SSSR count). The summed E-state index contributed by atoms with van der Waals surface area (Å²) < 4.78 is 5.60. The summed E-state index contributed by atoms with van der Waals surface area (Å²) >= 11 is 0.708. The summed E-state index contributed by atoms with van der Waals surface area (Å²) in [4.78, 5) is 47.5. The molecule has 0 spiro atoms. The number of nitrogens with zero attached hydrogens (tertiary/aromatic N) is 2. The number of rotatable bonds is 11. The molecule has 0 aliphatic carbocycles. The van der Waals surface area contributed by atoms with Gasteiger partial charge >= 0.3 is 209 Å². The predicted octanol–water partition coefficient (Wildman–Crippen LogP) is 1.98. The molecule has 3 aromatic rings. The number of aromatic hydroxyl groups is 1. The van der Waals surface area contributed by atoms with Gasteiger partial charge in [0.25, 0.3) is 0 Å². The molecule has 2 heterocycles. The Labute approximate surface area is 226 Å². The summed E-state index contributed by atoms with van der Waals surface area (Å²) in [6, 6.07) is 8.04. The number of phenolic OH excluding ortho intramolecular Hbond substituents is 1. The van der Waals surface area contributed by atoms with Crippen LogP contribution in [0.3, 0.4) is 0 Å². The van der Waals surface area contributed by atoms with E-state index in [9.17, 15) is 19.5 Å². The Morgan fingerprint density at radius 2 is 1.84 bits per heavy atom. The van der Waals surface area contributed by atoms with Crippen LogP contribution in [0.5, 0.6) is 5.75 Å². The molecule has 0 saturated heterocycles. The van der Waals surface area contributed by atoms with E-state index in [1.807, 2.05) is 30.5 Å². The molecule has 0 aliphatic rings. The van der Waals surface area contributed by atoms with E-state index < -0.39 is 33.7 Å². The van der Waals surface area contributed by atoms with Crippen LogP contribution < -0.4 is 15.2 Å². The summed E-state index contributed by atoms with van der Waals surface area (Å²) in [6.07, 6.45) is 1.83. The first-order valence-electron chi connectivity index (χ1n) is 11.8. The number of thiophene rings is 1. The molecule has 2 atom stereocenters. The Hall–Kier alpha value is -3.23. The molecular weight excluding hydrogens is 555 g/mol. The molecular formula is C26H31AsN4O5S. The summed E-state index contributed by atoms with van der Waals surface area (Å²) in [5, 5.41) is 17.7. The van der Waals surface area contributed by atoms with E-state index in [2.05, 4.69) is 20.6 Å². The Kier molecular flexibility index (Phi) is 10.2. The molecule has 3 N–H and O–H groups in total. The molecule has 37 heavy (non-hydrogen) atoms. The van der Waals surface area contributed by atoms with Crippen LogP contribution in [0.15, 0.2) is 35.7 Å². The monoisotopic (exact) mass is 586 g/mol. The average Bonchev–Trinajstić information content (AvgIpc) is 3.29. The number of benzene rings is 1. The van der Waals surface area contributed by atoms with Gasteiger partial charge in [0, 0.05) is 0 Å². The maximum absolute atomic E-state index is 13.1. The van der Waals surface area contributed by atoms with Crippen molar-refractivity contribution in [3.63, 3.8) is 0 Å². The molecule has 1 aromatic carbocycles. The number of aromatic nitrogens is 2. The zero-order valence-corrected chi connectivity index (χ0v) is 24.2.